The van der Waals surface area contributed by atoms with Gasteiger partial charge in [-0.2, -0.15) is 0 Å². The van der Waals surface area contributed by atoms with Crippen LogP contribution in [0, 0.1) is 0 Å². The number of ether oxygens (including phenoxy) is 1. The smallest absolute Gasteiger partial charge is 0.211 e. The Balaban J connectivity index is 2.68. The Bertz CT molecular complexity index is 442. The normalized spacial score (nSPS) is 13.4. The molecule has 1 atom stereocenters. The van der Waals surface area contributed by atoms with Gasteiger partial charge in [0.05, 0.1) is 12.4 Å². The molecule has 0 saturated heterocycles. The summed E-state index contributed by atoms with van der Waals surface area (Å²) in [5.41, 5.74) is 1.00. The van der Waals surface area contributed by atoms with Crippen LogP contribution in [0.1, 0.15) is 18.9 Å². The predicted molar refractivity (Wildman–Crippen MR) is 63.9 cm³/mol. The molecule has 0 fully saturated rings. The molecule has 4 nitrogen and oxygen atoms in total. The average Bonchev–Trinajstić information content (AvgIpc) is 2.24. The van der Waals surface area contributed by atoms with Gasteiger partial charge in [0.2, 0.25) is 10.0 Å². The van der Waals surface area contributed by atoms with Crippen LogP contribution in [-0.4, -0.2) is 20.8 Å². The van der Waals surface area contributed by atoms with E-state index in [1.54, 1.807) is 14.0 Å². The third-order valence-electron chi connectivity index (χ3n) is 2.57. The van der Waals surface area contributed by atoms with Crippen molar-refractivity contribution in [1.82, 2.24) is 0 Å². The van der Waals surface area contributed by atoms with Crippen LogP contribution in [0.5, 0.6) is 5.75 Å². The standard InChI is InChI=1S/C11H17NO3S/c1-9(16(12,13)14)7-8-10-5-3-4-6-11(10)15-2/h3-6,9H,7-8H2,1-2H3,(H2,12,13,14). The molecule has 0 spiro atoms. The Labute approximate surface area is 96.5 Å². The molecule has 0 aliphatic rings. The number of aryl methyl sites for hydroxylation is 1. The second-order valence-electron chi connectivity index (χ2n) is 3.75. The van der Waals surface area contributed by atoms with E-state index in [4.69, 9.17) is 9.88 Å². The van der Waals surface area contributed by atoms with Crippen molar-refractivity contribution < 1.29 is 13.2 Å². The molecule has 0 bridgehead atoms. The summed E-state index contributed by atoms with van der Waals surface area (Å²) in [4.78, 5) is 0. The number of rotatable bonds is 5. The van der Waals surface area contributed by atoms with Crippen molar-refractivity contribution in [2.75, 3.05) is 7.11 Å². The lowest BCUT2D eigenvalue weighted by molar-refractivity contribution is 0.409. The van der Waals surface area contributed by atoms with Crippen molar-refractivity contribution in [3.05, 3.63) is 29.8 Å². The maximum Gasteiger partial charge on any atom is 0.211 e. The Morgan fingerprint density at radius 1 is 1.38 bits per heavy atom. The highest BCUT2D eigenvalue weighted by atomic mass is 32.2. The zero-order valence-electron chi connectivity index (χ0n) is 9.51. The summed E-state index contributed by atoms with van der Waals surface area (Å²) in [6, 6.07) is 7.57. The highest BCUT2D eigenvalue weighted by Crippen LogP contribution is 2.20. The molecule has 0 heterocycles. The zero-order valence-corrected chi connectivity index (χ0v) is 10.3. The van der Waals surface area contributed by atoms with Gasteiger partial charge in [-0.25, -0.2) is 13.6 Å². The number of nitrogens with two attached hydrogens (primary N) is 1. The van der Waals surface area contributed by atoms with E-state index >= 15 is 0 Å². The Kier molecular flexibility index (Phi) is 4.32. The summed E-state index contributed by atoms with van der Waals surface area (Å²) in [6.45, 7) is 1.62. The van der Waals surface area contributed by atoms with Gasteiger partial charge in [0, 0.05) is 0 Å². The largest absolute Gasteiger partial charge is 0.496 e. The predicted octanol–water partition coefficient (Wildman–Crippen LogP) is 1.30. The second-order valence-corrected chi connectivity index (χ2v) is 5.73. The first-order chi connectivity index (χ1) is 7.45. The minimum absolute atomic E-state index is 0.499. The van der Waals surface area contributed by atoms with Gasteiger partial charge >= 0.3 is 0 Å². The molecule has 0 aromatic heterocycles. The monoisotopic (exact) mass is 243 g/mol. The van der Waals surface area contributed by atoms with Gasteiger partial charge in [0.1, 0.15) is 5.75 Å². The number of hydrogen-bond acceptors (Lipinski definition) is 3. The zero-order chi connectivity index (χ0) is 12.2. The topological polar surface area (TPSA) is 69.4 Å². The number of primary sulfonamides is 1. The summed E-state index contributed by atoms with van der Waals surface area (Å²) in [5.74, 6) is 0.782. The lowest BCUT2D eigenvalue weighted by atomic mass is 10.1. The van der Waals surface area contributed by atoms with Crippen molar-refractivity contribution in [2.45, 2.75) is 25.0 Å². The third kappa shape index (κ3) is 3.50. The molecule has 1 aromatic carbocycles. The minimum atomic E-state index is -3.43. The molecule has 1 unspecified atom stereocenters. The Morgan fingerprint density at radius 2 is 2.00 bits per heavy atom. The van der Waals surface area contributed by atoms with E-state index < -0.39 is 15.3 Å². The SMILES string of the molecule is COc1ccccc1CCC(C)S(N)(=O)=O. The molecule has 5 heteroatoms. The molecule has 2 N–H and O–H groups in total. The van der Waals surface area contributed by atoms with Gasteiger partial charge in [-0.1, -0.05) is 18.2 Å². The molecule has 0 saturated carbocycles. The Morgan fingerprint density at radius 3 is 2.56 bits per heavy atom. The molecular formula is C11H17NO3S. The van der Waals surface area contributed by atoms with E-state index in [9.17, 15) is 8.42 Å². The second kappa shape index (κ2) is 5.32. The molecule has 1 aromatic rings. The van der Waals surface area contributed by atoms with E-state index in [1.807, 2.05) is 24.3 Å². The maximum absolute atomic E-state index is 11.1. The fourth-order valence-corrected chi connectivity index (χ4v) is 1.88. The summed E-state index contributed by atoms with van der Waals surface area (Å²) in [7, 11) is -1.83. The van der Waals surface area contributed by atoms with Crippen molar-refractivity contribution in [3.63, 3.8) is 0 Å². The number of sulfonamides is 1. The number of methoxy groups -OCH3 is 1. The quantitative estimate of drug-likeness (QED) is 0.847. The van der Waals surface area contributed by atoms with Crippen LogP contribution >= 0.6 is 0 Å². The van der Waals surface area contributed by atoms with Crippen molar-refractivity contribution in [3.8, 4) is 5.75 Å². The summed E-state index contributed by atoms with van der Waals surface area (Å²) >= 11 is 0. The first kappa shape index (κ1) is 13.0. The summed E-state index contributed by atoms with van der Waals surface area (Å²) in [6.07, 6.45) is 1.14. The fourth-order valence-electron chi connectivity index (χ4n) is 1.43. The van der Waals surface area contributed by atoms with Gasteiger partial charge in [-0.15, -0.1) is 0 Å². The van der Waals surface area contributed by atoms with Gasteiger partial charge in [-0.3, -0.25) is 0 Å². The average molecular weight is 243 g/mol. The molecule has 0 radical (unpaired) electrons. The van der Waals surface area contributed by atoms with Crippen LogP contribution in [0.25, 0.3) is 0 Å². The first-order valence-electron chi connectivity index (χ1n) is 5.08. The number of hydrogen-bond donors (Lipinski definition) is 1. The van der Waals surface area contributed by atoms with Crippen LogP contribution in [0.2, 0.25) is 0 Å². The molecule has 0 amide bonds. The van der Waals surface area contributed by atoms with Crippen LogP contribution in [0.3, 0.4) is 0 Å². The van der Waals surface area contributed by atoms with E-state index in [0.717, 1.165) is 11.3 Å². The molecule has 1 rings (SSSR count). The highest BCUT2D eigenvalue weighted by Gasteiger charge is 2.15. The number of benzene rings is 1. The van der Waals surface area contributed by atoms with Crippen LogP contribution < -0.4 is 9.88 Å². The van der Waals surface area contributed by atoms with E-state index in [0.29, 0.717) is 12.8 Å². The van der Waals surface area contributed by atoms with Gasteiger partial charge < -0.3 is 4.74 Å². The van der Waals surface area contributed by atoms with E-state index in [-0.39, 0.29) is 0 Å². The third-order valence-corrected chi connectivity index (χ3v) is 3.93. The maximum atomic E-state index is 11.1. The molecule has 90 valence electrons. The highest BCUT2D eigenvalue weighted by molar-refractivity contribution is 7.89. The first-order valence-corrected chi connectivity index (χ1v) is 6.69. The summed E-state index contributed by atoms with van der Waals surface area (Å²) < 4.78 is 27.3. The molecule has 16 heavy (non-hydrogen) atoms. The van der Waals surface area contributed by atoms with Gasteiger partial charge in [0.25, 0.3) is 0 Å². The van der Waals surface area contributed by atoms with Gasteiger partial charge in [0.15, 0.2) is 0 Å². The van der Waals surface area contributed by atoms with Crippen LogP contribution in [-0.2, 0) is 16.4 Å². The molecule has 0 aliphatic carbocycles. The lowest BCUT2D eigenvalue weighted by Crippen LogP contribution is -2.26. The summed E-state index contributed by atoms with van der Waals surface area (Å²) in [5, 5.41) is 4.52. The van der Waals surface area contributed by atoms with E-state index in [1.165, 1.54) is 0 Å². The number of para-hydroxylation sites is 1. The Hall–Kier alpha value is -1.07. The molecular weight excluding hydrogens is 226 g/mol. The minimum Gasteiger partial charge on any atom is -0.496 e. The van der Waals surface area contributed by atoms with Crippen molar-refractivity contribution in [2.24, 2.45) is 5.14 Å². The molecule has 0 aliphatic heterocycles. The fraction of sp³-hybridized carbons (Fsp3) is 0.455. The van der Waals surface area contributed by atoms with E-state index in [2.05, 4.69) is 0 Å². The van der Waals surface area contributed by atoms with Crippen LogP contribution in [0.4, 0.5) is 0 Å². The van der Waals surface area contributed by atoms with Crippen molar-refractivity contribution in [1.29, 1.82) is 0 Å². The van der Waals surface area contributed by atoms with Crippen LogP contribution in [0.15, 0.2) is 24.3 Å². The lowest BCUT2D eigenvalue weighted by Gasteiger charge is -2.11. The van der Waals surface area contributed by atoms with Crippen molar-refractivity contribution >= 4 is 10.0 Å². The van der Waals surface area contributed by atoms with Gasteiger partial charge in [-0.05, 0) is 31.4 Å².